The van der Waals surface area contributed by atoms with Crippen molar-refractivity contribution in [2.75, 3.05) is 0 Å². The number of hydrogen-bond acceptors (Lipinski definition) is 3. The van der Waals surface area contributed by atoms with E-state index in [-0.39, 0.29) is 0 Å². The molecule has 3 heterocycles. The number of pyridine rings is 2. The van der Waals surface area contributed by atoms with Crippen LogP contribution < -0.4 is 0 Å². The number of hydrogen-bond donors (Lipinski definition) is 0. The van der Waals surface area contributed by atoms with Gasteiger partial charge in [-0.3, -0.25) is 14.6 Å². The Morgan fingerprint density at radius 2 is 2.17 bits per heavy atom. The summed E-state index contributed by atoms with van der Waals surface area (Å²) < 4.78 is 2.90. The smallest absolute Gasteiger partial charge is 0.108 e. The Bertz CT molecular complexity index is 705. The quantitative estimate of drug-likeness (QED) is 0.731. The molecule has 0 N–H and O–H groups in total. The maximum Gasteiger partial charge on any atom is 0.108 e. The van der Waals surface area contributed by atoms with Crippen molar-refractivity contribution < 1.29 is 0 Å². The molecular formula is C13H11BrN4. The van der Waals surface area contributed by atoms with Gasteiger partial charge in [-0.05, 0) is 40.5 Å². The van der Waals surface area contributed by atoms with Gasteiger partial charge in [-0.2, -0.15) is 5.10 Å². The molecule has 18 heavy (non-hydrogen) atoms. The van der Waals surface area contributed by atoms with E-state index in [1.54, 1.807) is 18.6 Å². The maximum absolute atomic E-state index is 4.38. The number of aromatic nitrogens is 4. The van der Waals surface area contributed by atoms with Crippen LogP contribution >= 0.6 is 15.9 Å². The Kier molecular flexibility index (Phi) is 2.83. The van der Waals surface area contributed by atoms with Gasteiger partial charge >= 0.3 is 0 Å². The molecule has 0 amide bonds. The molecule has 0 radical (unpaired) electrons. The van der Waals surface area contributed by atoms with Crippen LogP contribution in [0.2, 0.25) is 0 Å². The molecule has 0 atom stereocenters. The summed E-state index contributed by atoms with van der Waals surface area (Å²) in [6.45, 7) is 2.72. The minimum atomic E-state index is 0.710. The van der Waals surface area contributed by atoms with Crippen LogP contribution in [0.25, 0.3) is 11.0 Å². The van der Waals surface area contributed by atoms with Crippen LogP contribution in [0.3, 0.4) is 0 Å². The van der Waals surface area contributed by atoms with Crippen molar-refractivity contribution in [1.29, 1.82) is 0 Å². The van der Waals surface area contributed by atoms with Gasteiger partial charge < -0.3 is 0 Å². The first-order valence-corrected chi connectivity index (χ1v) is 6.41. The number of fused-ring (bicyclic) bond motifs is 1. The van der Waals surface area contributed by atoms with Crippen molar-refractivity contribution in [3.05, 3.63) is 52.5 Å². The van der Waals surface area contributed by atoms with Gasteiger partial charge in [0.1, 0.15) is 5.52 Å². The van der Waals surface area contributed by atoms with E-state index in [1.165, 1.54) is 5.56 Å². The van der Waals surface area contributed by atoms with E-state index in [9.17, 15) is 0 Å². The highest BCUT2D eigenvalue weighted by molar-refractivity contribution is 9.10. The average molecular weight is 303 g/mol. The van der Waals surface area contributed by atoms with Gasteiger partial charge in [0.2, 0.25) is 0 Å². The van der Waals surface area contributed by atoms with E-state index in [0.29, 0.717) is 6.54 Å². The third-order valence-corrected chi connectivity index (χ3v) is 3.33. The van der Waals surface area contributed by atoms with Crippen molar-refractivity contribution in [3.8, 4) is 0 Å². The summed E-state index contributed by atoms with van der Waals surface area (Å²) in [4.78, 5) is 8.61. The molecule has 0 aliphatic carbocycles. The van der Waals surface area contributed by atoms with Crippen molar-refractivity contribution in [2.45, 2.75) is 13.5 Å². The lowest BCUT2D eigenvalue weighted by Crippen LogP contribution is -2.03. The lowest BCUT2D eigenvalue weighted by Gasteiger charge is -2.06. The third kappa shape index (κ3) is 2.01. The van der Waals surface area contributed by atoms with Crippen LogP contribution in [-0.4, -0.2) is 19.7 Å². The Hall–Kier alpha value is -1.75. The molecule has 0 unspecified atom stereocenters. The molecule has 3 aromatic rings. The molecule has 4 nitrogen and oxygen atoms in total. The van der Waals surface area contributed by atoms with Crippen LogP contribution in [-0.2, 0) is 6.54 Å². The summed E-state index contributed by atoms with van der Waals surface area (Å²) in [7, 11) is 0. The van der Waals surface area contributed by atoms with Gasteiger partial charge in [0.25, 0.3) is 0 Å². The highest BCUT2D eigenvalue weighted by Crippen LogP contribution is 2.18. The standard InChI is InChI=1S/C13H11BrN4/c1-9-10(3-2-4-15-9)8-18-13-5-11(14)6-16-12(13)7-17-18/h2-7H,8H2,1H3. The SMILES string of the molecule is Cc1ncccc1Cn1ncc2ncc(Br)cc21. The molecule has 0 aliphatic rings. The summed E-state index contributed by atoms with van der Waals surface area (Å²) >= 11 is 3.44. The Morgan fingerprint density at radius 3 is 3.00 bits per heavy atom. The number of halogens is 1. The Labute approximate surface area is 113 Å². The van der Waals surface area contributed by atoms with Gasteiger partial charge in [-0.15, -0.1) is 0 Å². The maximum atomic E-state index is 4.38. The summed E-state index contributed by atoms with van der Waals surface area (Å²) in [5.41, 5.74) is 4.12. The predicted molar refractivity (Wildman–Crippen MR) is 73.3 cm³/mol. The van der Waals surface area contributed by atoms with E-state index < -0.39 is 0 Å². The minimum Gasteiger partial charge on any atom is -0.261 e. The predicted octanol–water partition coefficient (Wildman–Crippen LogP) is 2.95. The van der Waals surface area contributed by atoms with Gasteiger partial charge in [-0.25, -0.2) is 0 Å². The highest BCUT2D eigenvalue weighted by Gasteiger charge is 2.06. The van der Waals surface area contributed by atoms with E-state index in [2.05, 4.69) is 37.1 Å². The van der Waals surface area contributed by atoms with E-state index in [1.807, 2.05) is 23.7 Å². The average Bonchev–Trinajstić information content (AvgIpc) is 2.75. The van der Waals surface area contributed by atoms with Crippen LogP contribution in [0, 0.1) is 6.92 Å². The van der Waals surface area contributed by atoms with Gasteiger partial charge in [0.15, 0.2) is 0 Å². The molecule has 0 aromatic carbocycles. The molecule has 3 aromatic heterocycles. The summed E-state index contributed by atoms with van der Waals surface area (Å²) in [6.07, 6.45) is 5.37. The first-order valence-electron chi connectivity index (χ1n) is 5.61. The zero-order valence-corrected chi connectivity index (χ0v) is 11.4. The molecule has 0 bridgehead atoms. The second-order valence-corrected chi connectivity index (χ2v) is 5.02. The fraction of sp³-hybridized carbons (Fsp3) is 0.154. The second kappa shape index (κ2) is 4.49. The normalized spacial score (nSPS) is 11.0. The summed E-state index contributed by atoms with van der Waals surface area (Å²) in [5.74, 6) is 0. The van der Waals surface area contributed by atoms with E-state index in [4.69, 9.17) is 0 Å². The number of rotatable bonds is 2. The molecular weight excluding hydrogens is 292 g/mol. The summed E-state index contributed by atoms with van der Waals surface area (Å²) in [6, 6.07) is 6.05. The zero-order valence-electron chi connectivity index (χ0n) is 9.84. The number of aryl methyl sites for hydroxylation is 1. The number of nitrogens with zero attached hydrogens (tertiary/aromatic N) is 4. The van der Waals surface area contributed by atoms with Crippen molar-refractivity contribution in [1.82, 2.24) is 19.7 Å². The molecule has 0 spiro atoms. The van der Waals surface area contributed by atoms with Crippen molar-refractivity contribution >= 4 is 27.0 Å². The Balaban J connectivity index is 2.05. The van der Waals surface area contributed by atoms with Gasteiger partial charge in [-0.1, -0.05) is 6.07 Å². The largest absolute Gasteiger partial charge is 0.261 e. The first kappa shape index (κ1) is 11.3. The van der Waals surface area contributed by atoms with E-state index >= 15 is 0 Å². The van der Waals surface area contributed by atoms with Crippen LogP contribution in [0.5, 0.6) is 0 Å². The lowest BCUT2D eigenvalue weighted by molar-refractivity contribution is 0.705. The van der Waals surface area contributed by atoms with E-state index in [0.717, 1.165) is 21.2 Å². The highest BCUT2D eigenvalue weighted by atomic mass is 79.9. The molecule has 0 saturated carbocycles. The fourth-order valence-corrected chi connectivity index (χ4v) is 2.22. The van der Waals surface area contributed by atoms with Crippen LogP contribution in [0.4, 0.5) is 0 Å². The van der Waals surface area contributed by atoms with Gasteiger partial charge in [0, 0.05) is 22.6 Å². The summed E-state index contributed by atoms with van der Waals surface area (Å²) in [5, 5.41) is 4.38. The second-order valence-electron chi connectivity index (χ2n) is 4.11. The first-order chi connectivity index (χ1) is 8.74. The monoisotopic (exact) mass is 302 g/mol. The van der Waals surface area contributed by atoms with Gasteiger partial charge in [0.05, 0.1) is 18.3 Å². The van der Waals surface area contributed by atoms with Crippen molar-refractivity contribution in [2.24, 2.45) is 0 Å². The lowest BCUT2D eigenvalue weighted by atomic mass is 10.2. The Morgan fingerprint density at radius 1 is 1.28 bits per heavy atom. The zero-order chi connectivity index (χ0) is 12.5. The minimum absolute atomic E-state index is 0.710. The molecule has 0 fully saturated rings. The van der Waals surface area contributed by atoms with Crippen molar-refractivity contribution in [3.63, 3.8) is 0 Å². The molecule has 0 saturated heterocycles. The molecule has 0 aliphatic heterocycles. The van der Waals surface area contributed by atoms with Crippen LogP contribution in [0.15, 0.2) is 41.3 Å². The third-order valence-electron chi connectivity index (χ3n) is 2.90. The molecule has 3 rings (SSSR count). The fourth-order valence-electron chi connectivity index (χ4n) is 1.90. The van der Waals surface area contributed by atoms with Crippen LogP contribution in [0.1, 0.15) is 11.3 Å². The molecule has 5 heteroatoms. The molecule has 90 valence electrons. The topological polar surface area (TPSA) is 43.6 Å².